The van der Waals surface area contributed by atoms with E-state index >= 15 is 0 Å². The van der Waals surface area contributed by atoms with Crippen molar-refractivity contribution in [3.63, 3.8) is 0 Å². The molecule has 2 heterocycles. The number of halogens is 1. The van der Waals surface area contributed by atoms with Crippen LogP contribution in [0.25, 0.3) is 11.8 Å². The summed E-state index contributed by atoms with van der Waals surface area (Å²) in [5.41, 5.74) is 4.38. The number of fused-ring (bicyclic) bond motifs is 3. The topological polar surface area (TPSA) is 36.3 Å². The average molecular weight is 368 g/mol. The minimum absolute atomic E-state index is 0.147. The number of aromatic nitrogens is 2. The second-order valence-corrected chi connectivity index (χ2v) is 7.43. The number of ether oxygens (including phenoxy) is 2. The fraction of sp³-hybridized carbons (Fsp3) is 0.409. The van der Waals surface area contributed by atoms with E-state index in [-0.39, 0.29) is 11.2 Å². The van der Waals surface area contributed by atoms with Crippen molar-refractivity contribution in [2.75, 3.05) is 13.2 Å². The summed E-state index contributed by atoms with van der Waals surface area (Å²) in [6.07, 6.45) is 8.10. The van der Waals surface area contributed by atoms with E-state index in [1.807, 2.05) is 10.9 Å². The first kappa shape index (κ1) is 18.1. The summed E-state index contributed by atoms with van der Waals surface area (Å²) in [5.74, 6) is -0.729. The van der Waals surface area contributed by atoms with E-state index in [4.69, 9.17) is 9.47 Å². The Kier molecular flexibility index (Phi) is 4.52. The lowest BCUT2D eigenvalue weighted by atomic mass is 9.62. The van der Waals surface area contributed by atoms with E-state index < -0.39 is 5.79 Å². The van der Waals surface area contributed by atoms with Crippen molar-refractivity contribution in [1.29, 1.82) is 0 Å². The normalized spacial score (nSPS) is 25.2. The van der Waals surface area contributed by atoms with Crippen LogP contribution in [0.2, 0.25) is 0 Å². The summed E-state index contributed by atoms with van der Waals surface area (Å²) in [4.78, 5) is 0. The Hall–Kier alpha value is -2.24. The number of benzene rings is 1. The minimum atomic E-state index is -0.493. The van der Waals surface area contributed by atoms with Crippen molar-refractivity contribution < 1.29 is 13.9 Å². The minimum Gasteiger partial charge on any atom is -0.347 e. The molecule has 5 heteroatoms. The first-order chi connectivity index (χ1) is 13.1. The number of rotatable bonds is 1. The fourth-order valence-electron chi connectivity index (χ4n) is 4.72. The van der Waals surface area contributed by atoms with Crippen LogP contribution in [0.5, 0.6) is 0 Å². The SMILES string of the molecule is C=C.C[C@]12Cc3cnn(-c4ccc(F)cc4)c3C=C1CCCC21OCCO1. The largest absolute Gasteiger partial charge is 0.347 e. The molecular formula is C22H25FN2O2. The Bertz CT molecular complexity index is 865. The van der Waals surface area contributed by atoms with Gasteiger partial charge in [0.25, 0.3) is 0 Å². The molecule has 1 saturated carbocycles. The van der Waals surface area contributed by atoms with Crippen LogP contribution in [0.15, 0.2) is 49.2 Å². The molecule has 3 aliphatic rings. The van der Waals surface area contributed by atoms with Crippen LogP contribution in [0.1, 0.15) is 37.4 Å². The van der Waals surface area contributed by atoms with Gasteiger partial charge in [-0.15, -0.1) is 13.2 Å². The summed E-state index contributed by atoms with van der Waals surface area (Å²) in [6.45, 7) is 9.61. The average Bonchev–Trinajstić information content (AvgIpc) is 3.31. The first-order valence-electron chi connectivity index (χ1n) is 9.43. The molecule has 2 fully saturated rings. The summed E-state index contributed by atoms with van der Waals surface area (Å²) >= 11 is 0. The Morgan fingerprint density at radius 1 is 1.15 bits per heavy atom. The third-order valence-corrected chi connectivity index (χ3v) is 6.07. The van der Waals surface area contributed by atoms with Crippen molar-refractivity contribution in [1.82, 2.24) is 9.78 Å². The quantitative estimate of drug-likeness (QED) is 0.686. The van der Waals surface area contributed by atoms with Crippen LogP contribution >= 0.6 is 0 Å². The second-order valence-electron chi connectivity index (χ2n) is 7.43. The van der Waals surface area contributed by atoms with Crippen molar-refractivity contribution in [2.24, 2.45) is 5.41 Å². The molecule has 2 aliphatic carbocycles. The van der Waals surface area contributed by atoms with Crippen LogP contribution in [0.4, 0.5) is 4.39 Å². The van der Waals surface area contributed by atoms with Gasteiger partial charge in [0.15, 0.2) is 5.79 Å². The van der Waals surface area contributed by atoms with Gasteiger partial charge in [-0.3, -0.25) is 0 Å². The van der Waals surface area contributed by atoms with Crippen LogP contribution < -0.4 is 0 Å². The molecule has 1 saturated heterocycles. The molecule has 27 heavy (non-hydrogen) atoms. The molecule has 0 N–H and O–H groups in total. The van der Waals surface area contributed by atoms with Gasteiger partial charge in [0.2, 0.25) is 0 Å². The van der Waals surface area contributed by atoms with E-state index in [2.05, 4.69) is 31.3 Å². The zero-order valence-electron chi connectivity index (χ0n) is 15.7. The van der Waals surface area contributed by atoms with E-state index in [0.29, 0.717) is 13.2 Å². The predicted octanol–water partition coefficient (Wildman–Crippen LogP) is 4.69. The molecule has 4 nitrogen and oxygen atoms in total. The van der Waals surface area contributed by atoms with Gasteiger partial charge in [-0.1, -0.05) is 12.5 Å². The van der Waals surface area contributed by atoms with Gasteiger partial charge in [-0.2, -0.15) is 5.10 Å². The van der Waals surface area contributed by atoms with E-state index in [1.54, 1.807) is 12.1 Å². The summed E-state index contributed by atoms with van der Waals surface area (Å²) in [6, 6.07) is 6.47. The molecule has 0 unspecified atom stereocenters. The van der Waals surface area contributed by atoms with Crippen molar-refractivity contribution in [3.8, 4) is 5.69 Å². The van der Waals surface area contributed by atoms with Crippen molar-refractivity contribution in [3.05, 3.63) is 66.3 Å². The van der Waals surface area contributed by atoms with E-state index in [9.17, 15) is 4.39 Å². The highest BCUT2D eigenvalue weighted by atomic mass is 19.1. The van der Waals surface area contributed by atoms with Crippen molar-refractivity contribution >= 4 is 6.08 Å². The van der Waals surface area contributed by atoms with E-state index in [1.165, 1.54) is 23.3 Å². The lowest BCUT2D eigenvalue weighted by Crippen LogP contribution is -2.53. The zero-order chi connectivity index (χ0) is 19.1. The van der Waals surface area contributed by atoms with Gasteiger partial charge in [-0.05, 0) is 55.2 Å². The molecule has 2 aromatic rings. The molecule has 1 aromatic heterocycles. The number of nitrogens with zero attached hydrogens (tertiary/aromatic N) is 2. The van der Waals surface area contributed by atoms with E-state index in [0.717, 1.165) is 37.1 Å². The van der Waals surface area contributed by atoms with Gasteiger partial charge in [0.1, 0.15) is 5.82 Å². The van der Waals surface area contributed by atoms with Gasteiger partial charge in [0.05, 0.1) is 30.8 Å². The summed E-state index contributed by atoms with van der Waals surface area (Å²) in [5, 5.41) is 4.57. The van der Waals surface area contributed by atoms with Crippen LogP contribution in [-0.2, 0) is 15.9 Å². The molecule has 142 valence electrons. The maximum atomic E-state index is 13.2. The standard InChI is InChI=1S/C20H21FN2O2.C2H4/c1-19-12-14-13-22-23(17-6-4-16(21)5-7-17)18(14)11-15(19)3-2-8-20(19)24-9-10-25-20;1-2/h4-7,11,13H,2-3,8-10,12H2,1H3;1-2H2/t19-;/m0./s1. The zero-order valence-corrected chi connectivity index (χ0v) is 15.7. The summed E-state index contributed by atoms with van der Waals surface area (Å²) < 4.78 is 27.4. The maximum absolute atomic E-state index is 13.2. The third-order valence-electron chi connectivity index (χ3n) is 6.07. The number of hydrogen-bond donors (Lipinski definition) is 0. The predicted molar refractivity (Wildman–Crippen MR) is 103 cm³/mol. The van der Waals surface area contributed by atoms with Crippen LogP contribution in [0.3, 0.4) is 0 Å². The monoisotopic (exact) mass is 368 g/mol. The van der Waals surface area contributed by atoms with Gasteiger partial charge < -0.3 is 9.47 Å². The summed E-state index contributed by atoms with van der Waals surface area (Å²) in [7, 11) is 0. The lowest BCUT2D eigenvalue weighted by molar-refractivity contribution is -0.234. The van der Waals surface area contributed by atoms with Gasteiger partial charge in [0, 0.05) is 11.8 Å². The molecule has 0 bridgehead atoms. The second kappa shape index (κ2) is 6.73. The maximum Gasteiger partial charge on any atom is 0.177 e. The molecule has 1 atom stereocenters. The van der Waals surface area contributed by atoms with Crippen molar-refractivity contribution in [2.45, 2.75) is 38.4 Å². The highest BCUT2D eigenvalue weighted by Crippen LogP contribution is 2.56. The molecule has 1 aromatic carbocycles. The molecular weight excluding hydrogens is 343 g/mol. The van der Waals surface area contributed by atoms with Gasteiger partial charge >= 0.3 is 0 Å². The molecule has 1 aliphatic heterocycles. The first-order valence-corrected chi connectivity index (χ1v) is 9.43. The van der Waals surface area contributed by atoms with Crippen LogP contribution in [-0.4, -0.2) is 28.8 Å². The Labute approximate surface area is 159 Å². The Morgan fingerprint density at radius 2 is 1.85 bits per heavy atom. The third kappa shape index (κ3) is 2.68. The lowest BCUT2D eigenvalue weighted by Gasteiger charge is -2.50. The fourth-order valence-corrected chi connectivity index (χ4v) is 4.72. The Morgan fingerprint density at radius 3 is 2.56 bits per heavy atom. The molecule has 1 spiro atoms. The molecule has 5 rings (SSSR count). The Balaban J connectivity index is 0.000000872. The highest BCUT2D eigenvalue weighted by Gasteiger charge is 2.57. The number of hydrogen-bond acceptors (Lipinski definition) is 3. The highest BCUT2D eigenvalue weighted by molar-refractivity contribution is 5.61. The molecule has 0 amide bonds. The smallest absolute Gasteiger partial charge is 0.177 e. The van der Waals surface area contributed by atoms with Crippen LogP contribution in [0, 0.1) is 11.2 Å². The molecule has 0 radical (unpaired) electrons. The van der Waals surface area contributed by atoms with Gasteiger partial charge in [-0.25, -0.2) is 9.07 Å².